The molecular weight excluding hydrogens is 465 g/mol. The van der Waals surface area contributed by atoms with Crippen molar-refractivity contribution in [2.75, 3.05) is 16.3 Å². The van der Waals surface area contributed by atoms with Crippen LogP contribution >= 0.6 is 0 Å². The number of ether oxygens (including phenoxy) is 1. The number of nitrogens with zero attached hydrogens (tertiary/aromatic N) is 5. The molecule has 0 saturated carbocycles. The second-order valence-corrected chi connectivity index (χ2v) is 7.47. The highest BCUT2D eigenvalue weighted by Crippen LogP contribution is 2.35. The van der Waals surface area contributed by atoms with Gasteiger partial charge in [-0.25, -0.2) is 14.7 Å². The van der Waals surface area contributed by atoms with Crippen molar-refractivity contribution in [3.05, 3.63) is 72.3 Å². The fourth-order valence-electron chi connectivity index (χ4n) is 3.69. The number of aromatic amines is 1. The van der Waals surface area contributed by atoms with E-state index in [0.717, 1.165) is 22.1 Å². The Labute approximate surface area is 195 Å². The molecule has 1 fully saturated rings. The highest BCUT2D eigenvalue weighted by atomic mass is 19.4. The molecule has 0 radical (unpaired) electrons. The van der Waals surface area contributed by atoms with Gasteiger partial charge in [-0.1, -0.05) is 0 Å². The predicted octanol–water partition coefficient (Wildman–Crippen LogP) is 4.61. The Morgan fingerprint density at radius 1 is 1.11 bits per heavy atom. The van der Waals surface area contributed by atoms with E-state index in [9.17, 15) is 28.0 Å². The molecule has 0 atom stereocenters. The molecule has 0 spiro atoms. The van der Waals surface area contributed by atoms with Gasteiger partial charge in [0.25, 0.3) is 5.91 Å². The maximum absolute atomic E-state index is 13.1. The number of nitriles is 1. The summed E-state index contributed by atoms with van der Waals surface area (Å²) in [6.45, 7) is -0.507. The lowest BCUT2D eigenvalue weighted by atomic mass is 10.1. The minimum atomic E-state index is -4.67. The van der Waals surface area contributed by atoms with E-state index in [-0.39, 0.29) is 22.7 Å². The average molecular weight is 478 g/mol. The van der Waals surface area contributed by atoms with E-state index in [1.54, 1.807) is 24.5 Å². The number of fused-ring (bicyclic) bond motifs is 1. The van der Waals surface area contributed by atoms with Crippen molar-refractivity contribution in [2.45, 2.75) is 6.18 Å². The van der Waals surface area contributed by atoms with Gasteiger partial charge in [-0.05, 0) is 30.3 Å². The van der Waals surface area contributed by atoms with Crippen molar-refractivity contribution in [3.63, 3.8) is 0 Å². The summed E-state index contributed by atoms with van der Waals surface area (Å²) in [4.78, 5) is 38.0. The highest BCUT2D eigenvalue weighted by molar-refractivity contribution is 6.27. The SMILES string of the molecule is N#Cc1cc(Oc2ccnc3[nH]ccc23)ccc1N1C(=O)CN(c2cncc(C(F)(F)F)c2)C1=O. The molecule has 3 aromatic heterocycles. The zero-order valence-electron chi connectivity index (χ0n) is 17.6. The minimum Gasteiger partial charge on any atom is -0.456 e. The smallest absolute Gasteiger partial charge is 0.417 e. The maximum Gasteiger partial charge on any atom is 0.417 e. The number of benzene rings is 1. The van der Waals surface area contributed by atoms with Crippen molar-refractivity contribution in [1.82, 2.24) is 15.0 Å². The van der Waals surface area contributed by atoms with E-state index < -0.39 is 30.2 Å². The van der Waals surface area contributed by atoms with Gasteiger partial charge in [0.05, 0.1) is 34.1 Å². The molecule has 4 aromatic rings. The van der Waals surface area contributed by atoms with Gasteiger partial charge in [0.15, 0.2) is 0 Å². The van der Waals surface area contributed by atoms with Crippen LogP contribution in [-0.4, -0.2) is 33.4 Å². The topological polar surface area (TPSA) is 115 Å². The number of carbonyl (C=O) groups is 2. The number of urea groups is 1. The van der Waals surface area contributed by atoms with Gasteiger partial charge in [0.1, 0.15) is 29.8 Å². The molecule has 1 N–H and O–H groups in total. The Kier molecular flexibility index (Phi) is 5.09. The first-order chi connectivity index (χ1) is 16.8. The molecule has 0 bridgehead atoms. The summed E-state index contributed by atoms with van der Waals surface area (Å²) in [5.74, 6) is 0.0437. The van der Waals surface area contributed by atoms with Crippen LogP contribution in [-0.2, 0) is 11.0 Å². The second-order valence-electron chi connectivity index (χ2n) is 7.47. The fraction of sp³-hybridized carbons (Fsp3) is 0.0870. The highest BCUT2D eigenvalue weighted by Gasteiger charge is 2.40. The first-order valence-electron chi connectivity index (χ1n) is 10.1. The van der Waals surface area contributed by atoms with Gasteiger partial charge in [-0.3, -0.25) is 14.7 Å². The monoisotopic (exact) mass is 478 g/mol. The molecule has 0 unspecified atom stereocenters. The number of amides is 3. The van der Waals surface area contributed by atoms with Gasteiger partial charge < -0.3 is 9.72 Å². The normalized spacial score (nSPS) is 14.0. The summed E-state index contributed by atoms with van der Waals surface area (Å²) in [5, 5.41) is 10.4. The van der Waals surface area contributed by atoms with Crippen LogP contribution in [0, 0.1) is 11.3 Å². The molecule has 1 saturated heterocycles. The lowest BCUT2D eigenvalue weighted by Gasteiger charge is -2.19. The summed E-state index contributed by atoms with van der Waals surface area (Å²) >= 11 is 0. The molecule has 35 heavy (non-hydrogen) atoms. The Hall–Kier alpha value is -4.92. The van der Waals surface area contributed by atoms with E-state index in [1.165, 1.54) is 18.2 Å². The summed E-state index contributed by atoms with van der Waals surface area (Å²) in [6.07, 6.45) is 0.264. The summed E-state index contributed by atoms with van der Waals surface area (Å²) in [7, 11) is 0. The van der Waals surface area contributed by atoms with Crippen molar-refractivity contribution >= 4 is 34.3 Å². The van der Waals surface area contributed by atoms with Crippen molar-refractivity contribution in [1.29, 1.82) is 5.26 Å². The fourth-order valence-corrected chi connectivity index (χ4v) is 3.69. The van der Waals surface area contributed by atoms with Crippen molar-refractivity contribution in [2.24, 2.45) is 0 Å². The molecule has 1 aliphatic rings. The van der Waals surface area contributed by atoms with E-state index in [2.05, 4.69) is 15.0 Å². The van der Waals surface area contributed by atoms with Crippen LogP contribution in [0.4, 0.5) is 29.3 Å². The van der Waals surface area contributed by atoms with Gasteiger partial charge >= 0.3 is 12.2 Å². The van der Waals surface area contributed by atoms with Gasteiger partial charge in [0, 0.05) is 24.7 Å². The van der Waals surface area contributed by atoms with Crippen LogP contribution in [0.2, 0.25) is 0 Å². The molecule has 5 rings (SSSR count). The third-order valence-corrected chi connectivity index (χ3v) is 5.31. The number of rotatable bonds is 4. The summed E-state index contributed by atoms with van der Waals surface area (Å²) in [5.41, 5.74) is -0.684. The lowest BCUT2D eigenvalue weighted by molar-refractivity contribution is -0.137. The van der Waals surface area contributed by atoms with E-state index >= 15 is 0 Å². The molecular formula is C23H13F3N6O3. The van der Waals surface area contributed by atoms with Crippen LogP contribution in [0.15, 0.2) is 61.2 Å². The number of aromatic nitrogens is 3. The lowest BCUT2D eigenvalue weighted by Crippen LogP contribution is -2.33. The average Bonchev–Trinajstić information content (AvgIpc) is 3.43. The molecule has 9 nitrogen and oxygen atoms in total. The standard InChI is InChI=1S/C23H13F3N6O3/c24-23(25,26)14-8-15(11-28-10-14)31-12-20(33)32(22(31)34)18-2-1-16(7-13(18)9-27)35-19-4-6-30-21-17(19)3-5-29-21/h1-8,10-11H,12H2,(H,29,30). The number of hydrogen-bond acceptors (Lipinski definition) is 6. The number of halogens is 3. The number of imide groups is 1. The van der Waals surface area contributed by atoms with Crippen LogP contribution in [0.1, 0.15) is 11.1 Å². The molecule has 0 aliphatic carbocycles. The van der Waals surface area contributed by atoms with Gasteiger partial charge in [-0.2, -0.15) is 18.4 Å². The first kappa shape index (κ1) is 21.9. The first-order valence-corrected chi connectivity index (χ1v) is 10.1. The van der Waals surface area contributed by atoms with E-state index in [4.69, 9.17) is 4.74 Å². The molecule has 1 aromatic carbocycles. The molecule has 3 amide bonds. The van der Waals surface area contributed by atoms with Gasteiger partial charge in [-0.15, -0.1) is 0 Å². The molecule has 174 valence electrons. The summed E-state index contributed by atoms with van der Waals surface area (Å²) in [6, 6.07) is 9.40. The van der Waals surface area contributed by atoms with E-state index in [0.29, 0.717) is 23.0 Å². The quantitative estimate of drug-likeness (QED) is 0.428. The Balaban J connectivity index is 1.45. The summed E-state index contributed by atoms with van der Waals surface area (Å²) < 4.78 is 45.0. The van der Waals surface area contributed by atoms with Gasteiger partial charge in [0.2, 0.25) is 0 Å². The van der Waals surface area contributed by atoms with Crippen LogP contribution in [0.5, 0.6) is 11.5 Å². The predicted molar refractivity (Wildman–Crippen MR) is 117 cm³/mol. The van der Waals surface area contributed by atoms with Crippen LogP contribution < -0.4 is 14.5 Å². The van der Waals surface area contributed by atoms with Crippen molar-refractivity contribution < 1.29 is 27.5 Å². The zero-order chi connectivity index (χ0) is 24.7. The number of H-pyrrole nitrogens is 1. The number of pyridine rings is 2. The van der Waals surface area contributed by atoms with E-state index in [1.807, 2.05) is 6.07 Å². The van der Waals surface area contributed by atoms with Crippen molar-refractivity contribution in [3.8, 4) is 17.6 Å². The largest absolute Gasteiger partial charge is 0.456 e. The third kappa shape index (κ3) is 3.89. The minimum absolute atomic E-state index is 0.0150. The Morgan fingerprint density at radius 2 is 1.94 bits per heavy atom. The number of anilines is 2. The number of hydrogen-bond donors (Lipinski definition) is 1. The Bertz CT molecular complexity index is 1520. The molecule has 1 aliphatic heterocycles. The van der Waals surface area contributed by atoms with Crippen LogP contribution in [0.25, 0.3) is 11.0 Å². The third-order valence-electron chi connectivity index (χ3n) is 5.31. The Morgan fingerprint density at radius 3 is 2.71 bits per heavy atom. The van der Waals surface area contributed by atoms with Crippen LogP contribution in [0.3, 0.4) is 0 Å². The molecule has 12 heteroatoms. The number of carbonyl (C=O) groups excluding carboxylic acids is 2. The molecule has 4 heterocycles. The second kappa shape index (κ2) is 8.14. The number of alkyl halides is 3. The number of nitrogens with one attached hydrogen (secondary N) is 1. The maximum atomic E-state index is 13.1. The zero-order valence-corrected chi connectivity index (χ0v) is 17.6.